The van der Waals surface area contributed by atoms with E-state index in [2.05, 4.69) is 5.32 Å². The standard InChI is InChI=1S/C23H29N3O7S2/c1-32-21-11-10-18(17-22(21)35(30,31)25-13-15-33-16-14-25)24-23(27)20-9-5-6-12-26(20)34(28,29)19-7-3-2-4-8-19/h2-4,7-8,10-11,17,20H,5-6,9,12-16H2,1H3,(H,24,27). The molecule has 2 aliphatic rings. The SMILES string of the molecule is COc1ccc(NC(=O)C2CCCCN2S(=O)(=O)c2ccccc2)cc1S(=O)(=O)N1CCOCC1. The second-order valence-electron chi connectivity index (χ2n) is 8.31. The van der Waals surface area contributed by atoms with E-state index < -0.39 is 32.0 Å². The van der Waals surface area contributed by atoms with E-state index >= 15 is 0 Å². The fraction of sp³-hybridized carbons (Fsp3) is 0.435. The lowest BCUT2D eigenvalue weighted by molar-refractivity contribution is -0.120. The van der Waals surface area contributed by atoms with Crippen LogP contribution in [0.3, 0.4) is 0 Å². The number of rotatable bonds is 7. The normalized spacial score (nSPS) is 20.3. The predicted molar refractivity (Wildman–Crippen MR) is 129 cm³/mol. The zero-order valence-corrected chi connectivity index (χ0v) is 21.1. The molecule has 12 heteroatoms. The van der Waals surface area contributed by atoms with Crippen LogP contribution < -0.4 is 10.1 Å². The van der Waals surface area contributed by atoms with Crippen LogP contribution in [0.15, 0.2) is 58.3 Å². The molecular weight excluding hydrogens is 494 g/mol. The predicted octanol–water partition coefficient (Wildman–Crippen LogP) is 1.90. The Labute approximate surface area is 205 Å². The average molecular weight is 524 g/mol. The highest BCUT2D eigenvalue weighted by Crippen LogP contribution is 2.31. The topological polar surface area (TPSA) is 122 Å². The van der Waals surface area contributed by atoms with Gasteiger partial charge in [-0.3, -0.25) is 4.79 Å². The molecule has 10 nitrogen and oxygen atoms in total. The minimum Gasteiger partial charge on any atom is -0.495 e. The van der Waals surface area contributed by atoms with Crippen molar-refractivity contribution in [1.29, 1.82) is 0 Å². The van der Waals surface area contributed by atoms with Gasteiger partial charge in [-0.15, -0.1) is 0 Å². The number of carbonyl (C=O) groups excluding carboxylic acids is 1. The van der Waals surface area contributed by atoms with Crippen molar-refractivity contribution in [2.75, 3.05) is 45.3 Å². The number of nitrogens with one attached hydrogen (secondary N) is 1. The van der Waals surface area contributed by atoms with E-state index in [-0.39, 0.29) is 40.9 Å². The molecule has 0 radical (unpaired) electrons. The maximum atomic E-state index is 13.2. The molecular formula is C23H29N3O7S2. The van der Waals surface area contributed by atoms with Crippen molar-refractivity contribution in [3.8, 4) is 5.75 Å². The van der Waals surface area contributed by atoms with Crippen LogP contribution in [0.4, 0.5) is 5.69 Å². The van der Waals surface area contributed by atoms with E-state index in [1.54, 1.807) is 18.2 Å². The second-order valence-corrected chi connectivity index (χ2v) is 12.1. The third kappa shape index (κ3) is 5.36. The molecule has 0 spiro atoms. The third-order valence-corrected chi connectivity index (χ3v) is 9.97. The Morgan fingerprint density at radius 2 is 1.69 bits per heavy atom. The van der Waals surface area contributed by atoms with E-state index in [0.29, 0.717) is 32.5 Å². The molecule has 1 N–H and O–H groups in total. The molecule has 2 fully saturated rings. The van der Waals surface area contributed by atoms with Gasteiger partial charge in [0, 0.05) is 25.3 Å². The average Bonchev–Trinajstić information content (AvgIpc) is 2.89. The molecule has 1 atom stereocenters. The number of carbonyl (C=O) groups is 1. The van der Waals surface area contributed by atoms with Crippen molar-refractivity contribution >= 4 is 31.6 Å². The first-order valence-electron chi connectivity index (χ1n) is 11.4. The maximum Gasteiger partial charge on any atom is 0.246 e. The van der Waals surface area contributed by atoms with Crippen LogP contribution in [0, 0.1) is 0 Å². The zero-order valence-electron chi connectivity index (χ0n) is 19.4. The van der Waals surface area contributed by atoms with Gasteiger partial charge >= 0.3 is 0 Å². The van der Waals surface area contributed by atoms with Gasteiger partial charge in [-0.1, -0.05) is 24.6 Å². The van der Waals surface area contributed by atoms with E-state index in [9.17, 15) is 21.6 Å². The summed E-state index contributed by atoms with van der Waals surface area (Å²) in [4.78, 5) is 13.3. The number of hydrogen-bond acceptors (Lipinski definition) is 7. The number of benzene rings is 2. The van der Waals surface area contributed by atoms with Gasteiger partial charge in [-0.25, -0.2) is 16.8 Å². The number of nitrogens with zero attached hydrogens (tertiary/aromatic N) is 2. The Hall–Kier alpha value is -2.51. The summed E-state index contributed by atoms with van der Waals surface area (Å²) in [6.45, 7) is 1.26. The number of methoxy groups -OCH3 is 1. The number of amides is 1. The number of anilines is 1. The molecule has 35 heavy (non-hydrogen) atoms. The van der Waals surface area contributed by atoms with Gasteiger partial charge in [0.25, 0.3) is 0 Å². The Morgan fingerprint density at radius 3 is 2.37 bits per heavy atom. The summed E-state index contributed by atoms with van der Waals surface area (Å²) < 4.78 is 66.0. The molecule has 1 amide bonds. The quantitative estimate of drug-likeness (QED) is 0.588. The summed E-state index contributed by atoms with van der Waals surface area (Å²) in [6.07, 6.45) is 1.73. The number of piperidine rings is 1. The molecule has 0 bridgehead atoms. The van der Waals surface area contributed by atoms with Crippen LogP contribution in [0.2, 0.25) is 0 Å². The van der Waals surface area contributed by atoms with E-state index in [1.807, 2.05) is 0 Å². The van der Waals surface area contributed by atoms with Crippen LogP contribution in [-0.4, -0.2) is 77.4 Å². The van der Waals surface area contributed by atoms with Crippen molar-refractivity contribution in [1.82, 2.24) is 8.61 Å². The molecule has 190 valence electrons. The van der Waals surface area contributed by atoms with Gasteiger partial charge in [0.05, 0.1) is 25.2 Å². The highest BCUT2D eigenvalue weighted by Gasteiger charge is 2.38. The maximum absolute atomic E-state index is 13.2. The van der Waals surface area contributed by atoms with Crippen molar-refractivity contribution in [3.63, 3.8) is 0 Å². The van der Waals surface area contributed by atoms with Crippen molar-refractivity contribution < 1.29 is 31.1 Å². The highest BCUT2D eigenvalue weighted by molar-refractivity contribution is 7.89. The monoisotopic (exact) mass is 523 g/mol. The number of sulfonamides is 2. The van der Waals surface area contributed by atoms with Crippen molar-refractivity contribution in [2.45, 2.75) is 35.1 Å². The Balaban J connectivity index is 1.60. The summed E-state index contributed by atoms with van der Waals surface area (Å²) >= 11 is 0. The molecule has 2 heterocycles. The Bertz CT molecular complexity index is 1260. The summed E-state index contributed by atoms with van der Waals surface area (Å²) in [5.41, 5.74) is 0.241. The van der Waals surface area contributed by atoms with Crippen molar-refractivity contribution in [3.05, 3.63) is 48.5 Å². The lowest BCUT2D eigenvalue weighted by Gasteiger charge is -2.33. The van der Waals surface area contributed by atoms with Crippen LogP contribution in [0.5, 0.6) is 5.75 Å². The van der Waals surface area contributed by atoms with Gasteiger partial charge in [0.2, 0.25) is 26.0 Å². The Morgan fingerprint density at radius 1 is 0.971 bits per heavy atom. The first-order chi connectivity index (χ1) is 16.7. The van der Waals surface area contributed by atoms with Gasteiger partial charge in [0.15, 0.2) is 0 Å². The fourth-order valence-corrected chi connectivity index (χ4v) is 7.56. The molecule has 2 saturated heterocycles. The van der Waals surface area contributed by atoms with Crippen LogP contribution in [-0.2, 0) is 29.6 Å². The lowest BCUT2D eigenvalue weighted by Crippen LogP contribution is -2.49. The van der Waals surface area contributed by atoms with Crippen LogP contribution in [0.1, 0.15) is 19.3 Å². The number of ether oxygens (including phenoxy) is 2. The Kier molecular flexibility index (Phi) is 7.77. The van der Waals surface area contributed by atoms with Crippen LogP contribution in [0.25, 0.3) is 0 Å². The van der Waals surface area contributed by atoms with Gasteiger partial charge in [0.1, 0.15) is 16.7 Å². The smallest absolute Gasteiger partial charge is 0.246 e. The minimum absolute atomic E-state index is 0.0721. The van der Waals surface area contributed by atoms with Crippen LogP contribution >= 0.6 is 0 Å². The summed E-state index contributed by atoms with van der Waals surface area (Å²) in [7, 11) is -6.38. The minimum atomic E-state index is -3.89. The third-order valence-electron chi connectivity index (χ3n) is 6.13. The van der Waals surface area contributed by atoms with E-state index in [4.69, 9.17) is 9.47 Å². The zero-order chi connectivity index (χ0) is 25.1. The number of morpholine rings is 1. The lowest BCUT2D eigenvalue weighted by atomic mass is 10.0. The van der Waals surface area contributed by atoms with Crippen molar-refractivity contribution in [2.24, 2.45) is 0 Å². The summed E-state index contributed by atoms with van der Waals surface area (Å²) in [6, 6.07) is 11.5. The molecule has 0 aromatic heterocycles. The molecule has 0 saturated carbocycles. The van der Waals surface area contributed by atoms with Gasteiger partial charge in [-0.2, -0.15) is 8.61 Å². The summed E-state index contributed by atoms with van der Waals surface area (Å²) in [5, 5.41) is 2.72. The second kappa shape index (κ2) is 10.6. The van der Waals surface area contributed by atoms with Gasteiger partial charge < -0.3 is 14.8 Å². The molecule has 0 aliphatic carbocycles. The molecule has 2 aromatic carbocycles. The largest absolute Gasteiger partial charge is 0.495 e. The number of hydrogen-bond donors (Lipinski definition) is 1. The fourth-order valence-electron chi connectivity index (χ4n) is 4.29. The molecule has 2 aromatic rings. The molecule has 4 rings (SSSR count). The van der Waals surface area contributed by atoms with Gasteiger partial charge in [-0.05, 0) is 43.2 Å². The summed E-state index contributed by atoms with van der Waals surface area (Å²) in [5.74, 6) is -0.357. The van der Waals surface area contributed by atoms with E-state index in [0.717, 1.165) is 0 Å². The first kappa shape index (κ1) is 25.6. The molecule has 1 unspecified atom stereocenters. The molecule has 2 aliphatic heterocycles. The van der Waals surface area contributed by atoms with E-state index in [1.165, 1.54) is 46.1 Å². The first-order valence-corrected chi connectivity index (χ1v) is 14.3. The highest BCUT2D eigenvalue weighted by atomic mass is 32.2.